The number of halogens is 2. The number of hydrogen-bond acceptors (Lipinski definition) is 6. The van der Waals surface area contributed by atoms with Crippen molar-refractivity contribution in [2.45, 2.75) is 12.2 Å². The predicted octanol–water partition coefficient (Wildman–Crippen LogP) is 3.70. The number of β-amino-alcohol motifs (C(OH)–C–C–N with tert-alkyl or cyclic N) is 1. The highest BCUT2D eigenvalue weighted by molar-refractivity contribution is 9.10. The zero-order valence-corrected chi connectivity index (χ0v) is 18.9. The average molecular weight is 489 g/mol. The summed E-state index contributed by atoms with van der Waals surface area (Å²) in [5.74, 6) is 1.66. The second-order valence-corrected chi connectivity index (χ2v) is 7.54. The van der Waals surface area contributed by atoms with Gasteiger partial charge in [-0.15, -0.1) is 12.4 Å². The predicted molar refractivity (Wildman–Crippen MR) is 118 cm³/mol. The normalized spacial score (nSPS) is 17.9. The molecule has 0 aliphatic carbocycles. The summed E-state index contributed by atoms with van der Waals surface area (Å²) < 4.78 is 23.4. The summed E-state index contributed by atoms with van der Waals surface area (Å²) in [6.45, 7) is 2.80. The molecule has 2 unspecified atom stereocenters. The standard InChI is InChI=1S/C21H26BrNO5.ClH/c1-25-18-4-3-5-19(26-2)21(18)28-14-17(24)12-23-10-11-27-20(13-23)15-6-8-16(22)9-7-15;/h3-9,17,20,24H,10-14H2,1-2H3;1H. The van der Waals surface area contributed by atoms with Crippen LogP contribution in [-0.2, 0) is 4.74 Å². The number of aliphatic hydroxyl groups excluding tert-OH is 1. The van der Waals surface area contributed by atoms with E-state index in [1.807, 2.05) is 18.2 Å². The van der Waals surface area contributed by atoms with Crippen molar-refractivity contribution in [2.24, 2.45) is 0 Å². The Labute approximate surface area is 186 Å². The van der Waals surface area contributed by atoms with Gasteiger partial charge in [-0.3, -0.25) is 4.90 Å². The van der Waals surface area contributed by atoms with Gasteiger partial charge in [-0.25, -0.2) is 0 Å². The van der Waals surface area contributed by atoms with E-state index in [-0.39, 0.29) is 25.1 Å². The minimum atomic E-state index is -0.640. The zero-order valence-electron chi connectivity index (χ0n) is 16.5. The van der Waals surface area contributed by atoms with Gasteiger partial charge in [-0.05, 0) is 29.8 Å². The second kappa shape index (κ2) is 11.6. The van der Waals surface area contributed by atoms with E-state index in [0.717, 1.165) is 23.1 Å². The van der Waals surface area contributed by atoms with Gasteiger partial charge < -0.3 is 24.1 Å². The van der Waals surface area contributed by atoms with E-state index >= 15 is 0 Å². The van der Waals surface area contributed by atoms with Crippen LogP contribution in [0.15, 0.2) is 46.9 Å². The van der Waals surface area contributed by atoms with Crippen molar-refractivity contribution in [2.75, 3.05) is 47.1 Å². The molecule has 2 atom stereocenters. The van der Waals surface area contributed by atoms with Gasteiger partial charge in [0.1, 0.15) is 12.7 Å². The van der Waals surface area contributed by atoms with Crippen molar-refractivity contribution in [1.29, 1.82) is 0 Å². The zero-order chi connectivity index (χ0) is 19.9. The van der Waals surface area contributed by atoms with Gasteiger partial charge >= 0.3 is 0 Å². The third-order valence-corrected chi connectivity index (χ3v) is 5.19. The molecule has 0 spiro atoms. The van der Waals surface area contributed by atoms with E-state index in [2.05, 4.69) is 33.0 Å². The van der Waals surface area contributed by atoms with E-state index in [9.17, 15) is 5.11 Å². The van der Waals surface area contributed by atoms with Gasteiger partial charge in [0, 0.05) is 24.1 Å². The fraction of sp³-hybridized carbons (Fsp3) is 0.429. The summed E-state index contributed by atoms with van der Waals surface area (Å²) in [5.41, 5.74) is 1.14. The topological polar surface area (TPSA) is 60.4 Å². The summed E-state index contributed by atoms with van der Waals surface area (Å²) in [7, 11) is 3.15. The lowest BCUT2D eigenvalue weighted by Gasteiger charge is -2.34. The highest BCUT2D eigenvalue weighted by Gasteiger charge is 2.24. The first kappa shape index (κ1) is 23.8. The van der Waals surface area contributed by atoms with Crippen molar-refractivity contribution in [3.8, 4) is 17.2 Å². The third kappa shape index (κ3) is 6.49. The van der Waals surface area contributed by atoms with Crippen LogP contribution in [0.5, 0.6) is 17.2 Å². The molecule has 3 rings (SSSR count). The number of hydrogen-bond donors (Lipinski definition) is 1. The molecular formula is C21H27BrClNO5. The fourth-order valence-corrected chi connectivity index (χ4v) is 3.50. The largest absolute Gasteiger partial charge is 0.493 e. The number of methoxy groups -OCH3 is 2. The third-order valence-electron chi connectivity index (χ3n) is 4.66. The Morgan fingerprint density at radius 3 is 2.41 bits per heavy atom. The van der Waals surface area contributed by atoms with E-state index in [1.54, 1.807) is 26.4 Å². The molecule has 1 aliphatic rings. The van der Waals surface area contributed by atoms with Crippen LogP contribution >= 0.6 is 28.3 Å². The lowest BCUT2D eigenvalue weighted by atomic mass is 10.1. The van der Waals surface area contributed by atoms with Gasteiger partial charge in [-0.2, -0.15) is 0 Å². The quantitative estimate of drug-likeness (QED) is 0.611. The Kier molecular flexibility index (Phi) is 9.52. The fourth-order valence-electron chi connectivity index (χ4n) is 3.24. The number of aliphatic hydroxyl groups is 1. The highest BCUT2D eigenvalue weighted by Crippen LogP contribution is 2.36. The minimum Gasteiger partial charge on any atom is -0.493 e. The first-order valence-electron chi connectivity index (χ1n) is 9.22. The minimum absolute atomic E-state index is 0. The summed E-state index contributed by atoms with van der Waals surface area (Å²) in [6.07, 6.45) is -0.637. The van der Waals surface area contributed by atoms with Gasteiger partial charge in [0.25, 0.3) is 0 Å². The number of benzene rings is 2. The molecule has 0 saturated carbocycles. The van der Waals surface area contributed by atoms with Crippen LogP contribution in [-0.4, -0.2) is 63.2 Å². The molecule has 0 amide bonds. The van der Waals surface area contributed by atoms with E-state index < -0.39 is 6.10 Å². The van der Waals surface area contributed by atoms with Crippen LogP contribution in [0.2, 0.25) is 0 Å². The Morgan fingerprint density at radius 1 is 1.14 bits per heavy atom. The number of rotatable bonds is 8. The van der Waals surface area contributed by atoms with Crippen LogP contribution in [0.25, 0.3) is 0 Å². The lowest BCUT2D eigenvalue weighted by Crippen LogP contribution is -2.43. The van der Waals surface area contributed by atoms with E-state index in [4.69, 9.17) is 18.9 Å². The van der Waals surface area contributed by atoms with Crippen LogP contribution < -0.4 is 14.2 Å². The Hall–Kier alpha value is -1.51. The van der Waals surface area contributed by atoms with E-state index in [1.165, 1.54) is 0 Å². The average Bonchev–Trinajstić information content (AvgIpc) is 2.72. The smallest absolute Gasteiger partial charge is 0.203 e. The summed E-state index contributed by atoms with van der Waals surface area (Å²) in [5, 5.41) is 10.5. The number of nitrogens with zero attached hydrogens (tertiary/aromatic N) is 1. The van der Waals surface area contributed by atoms with Crippen LogP contribution in [0.4, 0.5) is 0 Å². The Morgan fingerprint density at radius 2 is 1.79 bits per heavy atom. The molecule has 2 aromatic carbocycles. The number of para-hydroxylation sites is 1. The molecule has 1 heterocycles. The molecule has 0 radical (unpaired) electrons. The van der Waals surface area contributed by atoms with Crippen LogP contribution in [0.3, 0.4) is 0 Å². The monoisotopic (exact) mass is 487 g/mol. The van der Waals surface area contributed by atoms with Crippen LogP contribution in [0.1, 0.15) is 11.7 Å². The van der Waals surface area contributed by atoms with Gasteiger partial charge in [-0.1, -0.05) is 34.1 Å². The molecule has 1 saturated heterocycles. The van der Waals surface area contributed by atoms with Gasteiger partial charge in [0.15, 0.2) is 11.5 Å². The molecule has 29 heavy (non-hydrogen) atoms. The maximum atomic E-state index is 10.5. The molecule has 1 aliphatic heterocycles. The SMILES string of the molecule is COc1cccc(OC)c1OCC(O)CN1CCOC(c2ccc(Br)cc2)C1.Cl. The maximum absolute atomic E-state index is 10.5. The lowest BCUT2D eigenvalue weighted by molar-refractivity contribution is -0.0460. The molecule has 2 aromatic rings. The molecule has 8 heteroatoms. The van der Waals surface area contributed by atoms with Crippen molar-refractivity contribution in [3.63, 3.8) is 0 Å². The molecule has 6 nitrogen and oxygen atoms in total. The van der Waals surface area contributed by atoms with E-state index in [0.29, 0.717) is 30.4 Å². The molecule has 1 fully saturated rings. The first-order chi connectivity index (χ1) is 13.6. The molecule has 1 N–H and O–H groups in total. The second-order valence-electron chi connectivity index (χ2n) is 6.63. The Bertz CT molecular complexity index is 739. The van der Waals surface area contributed by atoms with Gasteiger partial charge in [0.2, 0.25) is 5.75 Å². The van der Waals surface area contributed by atoms with Crippen LogP contribution in [0, 0.1) is 0 Å². The van der Waals surface area contributed by atoms with Crippen molar-refractivity contribution in [1.82, 2.24) is 4.90 Å². The summed E-state index contributed by atoms with van der Waals surface area (Å²) in [4.78, 5) is 2.20. The van der Waals surface area contributed by atoms with Gasteiger partial charge in [0.05, 0.1) is 26.9 Å². The molecule has 0 aromatic heterocycles. The van der Waals surface area contributed by atoms with Crippen molar-refractivity contribution >= 4 is 28.3 Å². The number of morpholine rings is 1. The summed E-state index contributed by atoms with van der Waals surface area (Å²) >= 11 is 3.45. The Balaban J connectivity index is 0.00000300. The van der Waals surface area contributed by atoms with Crippen molar-refractivity contribution in [3.05, 3.63) is 52.5 Å². The highest BCUT2D eigenvalue weighted by atomic mass is 79.9. The first-order valence-corrected chi connectivity index (χ1v) is 10.0. The number of ether oxygens (including phenoxy) is 4. The molecular weight excluding hydrogens is 462 g/mol. The summed E-state index contributed by atoms with van der Waals surface area (Å²) in [6, 6.07) is 13.6. The van der Waals surface area contributed by atoms with Crippen molar-refractivity contribution < 1.29 is 24.1 Å². The maximum Gasteiger partial charge on any atom is 0.203 e. The molecule has 0 bridgehead atoms. The molecule has 160 valence electrons.